The Hall–Kier alpha value is -0.0800. The number of hydrogen-bond acceptors (Lipinski definition) is 2. The van der Waals surface area contributed by atoms with Crippen molar-refractivity contribution in [3.63, 3.8) is 0 Å². The van der Waals surface area contributed by atoms with Crippen LogP contribution in [0.25, 0.3) is 0 Å². The van der Waals surface area contributed by atoms with Crippen molar-refractivity contribution in [1.29, 1.82) is 0 Å². The van der Waals surface area contributed by atoms with Crippen LogP contribution in [-0.2, 0) is 4.74 Å². The van der Waals surface area contributed by atoms with Crippen molar-refractivity contribution in [1.82, 2.24) is 4.90 Å². The lowest BCUT2D eigenvalue weighted by molar-refractivity contribution is 0.0522. The summed E-state index contributed by atoms with van der Waals surface area (Å²) in [6.07, 6.45) is 4.57. The molecule has 2 heterocycles. The molecule has 0 spiro atoms. The van der Waals surface area contributed by atoms with E-state index in [1.807, 2.05) is 0 Å². The molecule has 2 unspecified atom stereocenters. The highest BCUT2D eigenvalue weighted by Crippen LogP contribution is 2.46. The van der Waals surface area contributed by atoms with Crippen LogP contribution in [0.3, 0.4) is 0 Å². The molecule has 0 aromatic rings. The molecule has 2 atom stereocenters. The summed E-state index contributed by atoms with van der Waals surface area (Å²) in [6.45, 7) is 13.2. The smallest absolute Gasteiger partial charge is 0.0860 e. The van der Waals surface area contributed by atoms with Crippen LogP contribution < -0.4 is 0 Å². The topological polar surface area (TPSA) is 15.8 Å². The van der Waals surface area contributed by atoms with Gasteiger partial charge in [0.05, 0.1) is 12.7 Å². The van der Waals surface area contributed by atoms with Crippen LogP contribution in [0.2, 0.25) is 0 Å². The SMILES string of the molecule is CN1CCCC(C(C)(C)CC(C)(C)C2CO2)C1. The first-order valence-electron chi connectivity index (χ1n) is 7.11. The second-order valence-corrected chi connectivity index (χ2v) is 7.58. The van der Waals surface area contributed by atoms with Gasteiger partial charge in [0.15, 0.2) is 0 Å². The van der Waals surface area contributed by atoms with E-state index in [0.717, 1.165) is 12.5 Å². The lowest BCUT2D eigenvalue weighted by Gasteiger charge is -2.44. The van der Waals surface area contributed by atoms with Crippen molar-refractivity contribution in [2.24, 2.45) is 16.7 Å². The van der Waals surface area contributed by atoms with Gasteiger partial charge in [0, 0.05) is 6.54 Å². The maximum Gasteiger partial charge on any atom is 0.0860 e. The summed E-state index contributed by atoms with van der Waals surface area (Å²) in [5.41, 5.74) is 0.781. The van der Waals surface area contributed by atoms with Crippen LogP contribution in [0.4, 0.5) is 0 Å². The van der Waals surface area contributed by atoms with Crippen molar-refractivity contribution >= 4 is 0 Å². The summed E-state index contributed by atoms with van der Waals surface area (Å²) in [4.78, 5) is 2.50. The average Bonchev–Trinajstić information content (AvgIpc) is 2.99. The van der Waals surface area contributed by atoms with Crippen molar-refractivity contribution in [2.75, 3.05) is 26.7 Å². The maximum absolute atomic E-state index is 5.52. The number of rotatable bonds is 4. The molecule has 2 aliphatic heterocycles. The van der Waals surface area contributed by atoms with Crippen molar-refractivity contribution in [2.45, 2.75) is 53.1 Å². The molecule has 0 N–H and O–H groups in total. The van der Waals surface area contributed by atoms with E-state index < -0.39 is 0 Å². The van der Waals surface area contributed by atoms with Gasteiger partial charge in [-0.15, -0.1) is 0 Å². The van der Waals surface area contributed by atoms with E-state index in [1.165, 1.54) is 32.4 Å². The third-order valence-electron chi connectivity index (χ3n) is 4.85. The first-order valence-corrected chi connectivity index (χ1v) is 7.11. The van der Waals surface area contributed by atoms with Gasteiger partial charge in [-0.1, -0.05) is 27.7 Å². The number of likely N-dealkylation sites (tertiary alicyclic amines) is 1. The number of hydrogen-bond donors (Lipinski definition) is 0. The van der Waals surface area contributed by atoms with Gasteiger partial charge >= 0.3 is 0 Å². The molecular weight excluding hydrogens is 210 g/mol. The van der Waals surface area contributed by atoms with Crippen molar-refractivity contribution in [3.8, 4) is 0 Å². The molecule has 2 rings (SSSR count). The van der Waals surface area contributed by atoms with Gasteiger partial charge in [0.25, 0.3) is 0 Å². The molecular formula is C15H29NO. The fourth-order valence-electron chi connectivity index (χ4n) is 3.74. The molecule has 0 aromatic carbocycles. The molecule has 0 aliphatic carbocycles. The van der Waals surface area contributed by atoms with Gasteiger partial charge in [0.2, 0.25) is 0 Å². The summed E-state index contributed by atoms with van der Waals surface area (Å²) < 4.78 is 5.52. The minimum atomic E-state index is 0.347. The molecule has 2 saturated heterocycles. The number of nitrogens with zero attached hydrogens (tertiary/aromatic N) is 1. The highest BCUT2D eigenvalue weighted by Gasteiger charge is 2.45. The maximum atomic E-state index is 5.52. The second kappa shape index (κ2) is 4.55. The summed E-state index contributed by atoms with van der Waals surface area (Å²) in [6, 6.07) is 0. The summed E-state index contributed by atoms with van der Waals surface area (Å²) in [5, 5.41) is 0. The third kappa shape index (κ3) is 3.23. The van der Waals surface area contributed by atoms with Crippen LogP contribution >= 0.6 is 0 Å². The Kier molecular flexibility index (Phi) is 3.57. The summed E-state index contributed by atoms with van der Waals surface area (Å²) >= 11 is 0. The number of epoxide rings is 1. The van der Waals surface area contributed by atoms with Gasteiger partial charge in [-0.05, 0) is 49.6 Å². The summed E-state index contributed by atoms with van der Waals surface area (Å²) in [7, 11) is 2.26. The number of piperidine rings is 1. The Balaban J connectivity index is 1.96. The quantitative estimate of drug-likeness (QED) is 0.700. The second-order valence-electron chi connectivity index (χ2n) is 7.58. The Morgan fingerprint density at radius 2 is 1.82 bits per heavy atom. The van der Waals surface area contributed by atoms with Gasteiger partial charge < -0.3 is 9.64 Å². The predicted molar refractivity (Wildman–Crippen MR) is 72.1 cm³/mol. The largest absolute Gasteiger partial charge is 0.373 e. The first-order chi connectivity index (χ1) is 7.81. The lowest BCUT2D eigenvalue weighted by Crippen LogP contribution is -2.42. The Labute approximate surface area is 107 Å². The molecule has 0 aromatic heterocycles. The fourth-order valence-corrected chi connectivity index (χ4v) is 3.74. The monoisotopic (exact) mass is 239 g/mol. The normalized spacial score (nSPS) is 31.6. The Bertz CT molecular complexity index is 268. The molecule has 0 bridgehead atoms. The van der Waals surface area contributed by atoms with Crippen LogP contribution in [0.1, 0.15) is 47.0 Å². The standard InChI is InChI=1S/C15H29NO/c1-14(2,11-15(3,4)13-10-17-13)12-7-6-8-16(5)9-12/h12-13H,6-11H2,1-5H3. The molecule has 17 heavy (non-hydrogen) atoms. The molecule has 2 heteroatoms. The molecule has 0 radical (unpaired) electrons. The van der Waals surface area contributed by atoms with Gasteiger partial charge in [-0.3, -0.25) is 0 Å². The zero-order valence-electron chi connectivity index (χ0n) is 12.3. The van der Waals surface area contributed by atoms with E-state index in [0.29, 0.717) is 16.9 Å². The van der Waals surface area contributed by atoms with E-state index in [-0.39, 0.29) is 0 Å². The van der Waals surface area contributed by atoms with E-state index in [4.69, 9.17) is 4.74 Å². The summed E-state index contributed by atoms with van der Waals surface area (Å²) in [5.74, 6) is 0.847. The highest BCUT2D eigenvalue weighted by atomic mass is 16.6. The van der Waals surface area contributed by atoms with Crippen LogP contribution in [0.5, 0.6) is 0 Å². The van der Waals surface area contributed by atoms with E-state index in [1.54, 1.807) is 0 Å². The van der Waals surface area contributed by atoms with E-state index >= 15 is 0 Å². The van der Waals surface area contributed by atoms with Gasteiger partial charge in [-0.25, -0.2) is 0 Å². The Morgan fingerprint density at radius 1 is 1.18 bits per heavy atom. The predicted octanol–water partition coefficient (Wildman–Crippen LogP) is 3.17. The van der Waals surface area contributed by atoms with Crippen molar-refractivity contribution in [3.05, 3.63) is 0 Å². The minimum absolute atomic E-state index is 0.347. The number of ether oxygens (including phenoxy) is 1. The molecule has 2 nitrogen and oxygen atoms in total. The molecule has 2 aliphatic rings. The van der Waals surface area contributed by atoms with Crippen LogP contribution in [0, 0.1) is 16.7 Å². The van der Waals surface area contributed by atoms with Crippen LogP contribution in [-0.4, -0.2) is 37.7 Å². The average molecular weight is 239 g/mol. The van der Waals surface area contributed by atoms with Gasteiger partial charge in [-0.2, -0.15) is 0 Å². The lowest BCUT2D eigenvalue weighted by atomic mass is 9.65. The zero-order valence-corrected chi connectivity index (χ0v) is 12.3. The Morgan fingerprint density at radius 3 is 2.35 bits per heavy atom. The minimum Gasteiger partial charge on any atom is -0.373 e. The third-order valence-corrected chi connectivity index (χ3v) is 4.85. The molecule has 2 fully saturated rings. The van der Waals surface area contributed by atoms with Crippen LogP contribution in [0.15, 0.2) is 0 Å². The molecule has 100 valence electrons. The van der Waals surface area contributed by atoms with E-state index in [9.17, 15) is 0 Å². The zero-order chi connectivity index (χ0) is 12.7. The highest BCUT2D eigenvalue weighted by molar-refractivity contribution is 4.94. The first kappa shape index (κ1) is 13.4. The van der Waals surface area contributed by atoms with Gasteiger partial charge in [0.1, 0.15) is 0 Å². The van der Waals surface area contributed by atoms with Crippen molar-refractivity contribution < 1.29 is 4.74 Å². The molecule has 0 amide bonds. The fraction of sp³-hybridized carbons (Fsp3) is 1.00. The van der Waals surface area contributed by atoms with E-state index in [2.05, 4.69) is 39.6 Å². The molecule has 0 saturated carbocycles.